The number of nitro benzene ring substituents is 1. The highest BCUT2D eigenvalue weighted by molar-refractivity contribution is 7.14. The number of anilines is 1. The smallest absolute Gasteiger partial charge is 0.269 e. The molecule has 28 heavy (non-hydrogen) atoms. The van der Waals surface area contributed by atoms with Crippen LogP contribution in [0.3, 0.4) is 0 Å². The first-order valence-electron chi connectivity index (χ1n) is 8.66. The summed E-state index contributed by atoms with van der Waals surface area (Å²) in [5.41, 5.74) is 2.45. The Kier molecular flexibility index (Phi) is 6.00. The number of nitrogens with zero attached hydrogens (tertiary/aromatic N) is 2. The summed E-state index contributed by atoms with van der Waals surface area (Å²) in [7, 11) is 0. The van der Waals surface area contributed by atoms with E-state index in [1.54, 1.807) is 17.5 Å². The highest BCUT2D eigenvalue weighted by Crippen LogP contribution is 2.27. The molecule has 1 heterocycles. The molecule has 1 amide bonds. The van der Waals surface area contributed by atoms with Crippen molar-refractivity contribution in [1.29, 1.82) is 0 Å². The Bertz CT molecular complexity index is 983. The second-order valence-corrected chi connectivity index (χ2v) is 7.23. The number of hydrogen-bond donors (Lipinski definition) is 1. The second kappa shape index (κ2) is 8.62. The first kappa shape index (κ1) is 19.5. The molecular formula is C20H19N3O4S. The minimum Gasteiger partial charge on any atom is -0.483 e. The number of non-ortho nitro benzene ring substituents is 1. The fourth-order valence-corrected chi connectivity index (χ4v) is 3.34. The minimum absolute atomic E-state index is 0.0198. The molecule has 0 spiro atoms. The van der Waals surface area contributed by atoms with Gasteiger partial charge in [0, 0.05) is 23.1 Å². The van der Waals surface area contributed by atoms with E-state index in [0.717, 1.165) is 11.1 Å². The summed E-state index contributed by atoms with van der Waals surface area (Å²) >= 11 is 1.28. The lowest BCUT2D eigenvalue weighted by molar-refractivity contribution is -0.384. The molecule has 1 aromatic heterocycles. The monoisotopic (exact) mass is 397 g/mol. The zero-order valence-electron chi connectivity index (χ0n) is 15.4. The number of ether oxygens (including phenoxy) is 1. The summed E-state index contributed by atoms with van der Waals surface area (Å²) in [4.78, 5) is 26.8. The van der Waals surface area contributed by atoms with Gasteiger partial charge in [-0.25, -0.2) is 4.98 Å². The first-order valence-corrected chi connectivity index (χ1v) is 9.54. The molecule has 0 aliphatic carbocycles. The molecule has 0 aliphatic heterocycles. The minimum atomic E-state index is -0.450. The summed E-state index contributed by atoms with van der Waals surface area (Å²) in [5, 5.41) is 15.7. The van der Waals surface area contributed by atoms with Gasteiger partial charge in [0.25, 0.3) is 11.6 Å². The zero-order chi connectivity index (χ0) is 20.1. The van der Waals surface area contributed by atoms with Crippen LogP contribution in [0.1, 0.15) is 25.3 Å². The average molecular weight is 397 g/mol. The van der Waals surface area contributed by atoms with Crippen LogP contribution in [0.4, 0.5) is 10.8 Å². The predicted molar refractivity (Wildman–Crippen MR) is 109 cm³/mol. The van der Waals surface area contributed by atoms with Crippen molar-refractivity contribution in [3.63, 3.8) is 0 Å². The van der Waals surface area contributed by atoms with Crippen LogP contribution in [0.5, 0.6) is 5.75 Å². The van der Waals surface area contributed by atoms with Gasteiger partial charge in [0.1, 0.15) is 5.75 Å². The van der Waals surface area contributed by atoms with Gasteiger partial charge in [0.05, 0.1) is 10.6 Å². The van der Waals surface area contributed by atoms with E-state index in [0.29, 0.717) is 22.5 Å². The standard InChI is InChI=1S/C20H19N3O4S/c1-13(2)16-5-3-4-6-18(16)27-11-19(24)22-20-21-17(12-28-20)14-7-9-15(10-8-14)23(25)26/h3-10,12-13H,11H2,1-2H3,(H,21,22,24). The third-order valence-corrected chi connectivity index (χ3v) is 4.78. The predicted octanol–water partition coefficient (Wildman–Crippen LogP) is 4.86. The lowest BCUT2D eigenvalue weighted by Crippen LogP contribution is -2.20. The van der Waals surface area contributed by atoms with E-state index in [2.05, 4.69) is 24.1 Å². The number of nitro groups is 1. The van der Waals surface area contributed by atoms with E-state index in [4.69, 9.17) is 4.74 Å². The normalized spacial score (nSPS) is 10.7. The molecule has 0 fully saturated rings. The quantitative estimate of drug-likeness (QED) is 0.454. The molecule has 0 saturated heterocycles. The molecule has 1 N–H and O–H groups in total. The average Bonchev–Trinajstić information content (AvgIpc) is 3.15. The Hall–Kier alpha value is -3.26. The fourth-order valence-electron chi connectivity index (χ4n) is 2.61. The lowest BCUT2D eigenvalue weighted by Gasteiger charge is -2.13. The molecule has 8 heteroatoms. The van der Waals surface area contributed by atoms with Gasteiger partial charge in [-0.2, -0.15) is 0 Å². The Balaban J connectivity index is 1.60. The molecule has 0 atom stereocenters. The molecule has 0 aliphatic rings. The van der Waals surface area contributed by atoms with Gasteiger partial charge >= 0.3 is 0 Å². The van der Waals surface area contributed by atoms with E-state index in [1.807, 2.05) is 24.3 Å². The highest BCUT2D eigenvalue weighted by atomic mass is 32.1. The number of hydrogen-bond acceptors (Lipinski definition) is 6. The number of nitrogens with one attached hydrogen (secondary N) is 1. The van der Waals surface area contributed by atoms with Crippen LogP contribution in [0.15, 0.2) is 53.9 Å². The third kappa shape index (κ3) is 4.72. The molecule has 2 aromatic carbocycles. The van der Waals surface area contributed by atoms with E-state index in [9.17, 15) is 14.9 Å². The van der Waals surface area contributed by atoms with Crippen LogP contribution in [-0.4, -0.2) is 22.4 Å². The van der Waals surface area contributed by atoms with Crippen LogP contribution < -0.4 is 10.1 Å². The number of amides is 1. The molecule has 0 saturated carbocycles. The lowest BCUT2D eigenvalue weighted by atomic mass is 10.0. The topological polar surface area (TPSA) is 94.4 Å². The number of thiazole rings is 1. The number of carbonyl (C=O) groups is 1. The van der Waals surface area contributed by atoms with Crippen molar-refractivity contribution in [3.05, 3.63) is 69.6 Å². The SMILES string of the molecule is CC(C)c1ccccc1OCC(=O)Nc1nc(-c2ccc([N+](=O)[O-])cc2)cs1. The van der Waals surface area contributed by atoms with Gasteiger partial charge in [-0.05, 0) is 29.7 Å². The Labute approximate surface area is 166 Å². The number of aromatic nitrogens is 1. The number of para-hydroxylation sites is 1. The summed E-state index contributed by atoms with van der Waals surface area (Å²) in [6.45, 7) is 4.02. The van der Waals surface area contributed by atoms with Crippen LogP contribution >= 0.6 is 11.3 Å². The van der Waals surface area contributed by atoms with E-state index >= 15 is 0 Å². The third-order valence-electron chi connectivity index (χ3n) is 4.02. The van der Waals surface area contributed by atoms with Gasteiger partial charge in [-0.3, -0.25) is 20.2 Å². The highest BCUT2D eigenvalue weighted by Gasteiger charge is 2.12. The second-order valence-electron chi connectivity index (χ2n) is 6.37. The Morgan fingerprint density at radius 2 is 1.93 bits per heavy atom. The van der Waals surface area contributed by atoms with Gasteiger partial charge in [-0.15, -0.1) is 11.3 Å². The summed E-state index contributed by atoms with van der Waals surface area (Å²) in [6.07, 6.45) is 0. The molecular weight excluding hydrogens is 378 g/mol. The maximum Gasteiger partial charge on any atom is 0.269 e. The first-order chi connectivity index (χ1) is 13.4. The molecule has 0 bridgehead atoms. The Morgan fingerprint density at radius 3 is 2.61 bits per heavy atom. The fraction of sp³-hybridized carbons (Fsp3) is 0.200. The van der Waals surface area contributed by atoms with Gasteiger partial charge in [0.15, 0.2) is 11.7 Å². The molecule has 3 aromatic rings. The molecule has 0 radical (unpaired) electrons. The van der Waals surface area contributed by atoms with Crippen LogP contribution in [0.25, 0.3) is 11.3 Å². The van der Waals surface area contributed by atoms with Crippen LogP contribution in [0, 0.1) is 10.1 Å². The number of rotatable bonds is 7. The summed E-state index contributed by atoms with van der Waals surface area (Å²) in [5.74, 6) is 0.684. The van der Waals surface area contributed by atoms with E-state index in [1.165, 1.54) is 23.5 Å². The summed E-state index contributed by atoms with van der Waals surface area (Å²) in [6, 6.07) is 13.7. The molecule has 0 unspecified atom stereocenters. The summed E-state index contributed by atoms with van der Waals surface area (Å²) < 4.78 is 5.66. The van der Waals surface area contributed by atoms with Crippen molar-refractivity contribution < 1.29 is 14.5 Å². The van der Waals surface area contributed by atoms with Crippen molar-refractivity contribution >= 4 is 28.1 Å². The van der Waals surface area contributed by atoms with Crippen molar-refractivity contribution in [1.82, 2.24) is 4.98 Å². The maximum atomic E-state index is 12.2. The largest absolute Gasteiger partial charge is 0.483 e. The van der Waals surface area contributed by atoms with Crippen molar-refractivity contribution in [2.24, 2.45) is 0 Å². The number of carbonyl (C=O) groups excluding carboxylic acids is 1. The van der Waals surface area contributed by atoms with Crippen LogP contribution in [0.2, 0.25) is 0 Å². The molecule has 144 valence electrons. The van der Waals surface area contributed by atoms with Crippen molar-refractivity contribution in [3.8, 4) is 17.0 Å². The molecule has 3 rings (SSSR count). The van der Waals surface area contributed by atoms with Crippen molar-refractivity contribution in [2.75, 3.05) is 11.9 Å². The molecule has 7 nitrogen and oxygen atoms in total. The van der Waals surface area contributed by atoms with Gasteiger partial charge in [0.2, 0.25) is 0 Å². The van der Waals surface area contributed by atoms with E-state index in [-0.39, 0.29) is 18.2 Å². The number of benzene rings is 2. The van der Waals surface area contributed by atoms with E-state index < -0.39 is 4.92 Å². The van der Waals surface area contributed by atoms with Gasteiger partial charge in [-0.1, -0.05) is 32.0 Å². The zero-order valence-corrected chi connectivity index (χ0v) is 16.2. The van der Waals surface area contributed by atoms with Crippen molar-refractivity contribution in [2.45, 2.75) is 19.8 Å². The maximum absolute atomic E-state index is 12.2. The Morgan fingerprint density at radius 1 is 1.21 bits per heavy atom. The van der Waals surface area contributed by atoms with Crippen LogP contribution in [-0.2, 0) is 4.79 Å². The van der Waals surface area contributed by atoms with Gasteiger partial charge < -0.3 is 4.74 Å².